The molecule has 1 fully saturated rings. The Hall–Kier alpha value is -3.94. The molecule has 3 aromatic rings. The third kappa shape index (κ3) is 4.95. The SMILES string of the molecule is COc1ccc([C@@H]2CN(C(C)=O)CCN2C(=O)c2cccnc2Oc2ccc(C)nc2)cc1. The minimum atomic E-state index is -0.310. The van der Waals surface area contributed by atoms with Crippen LogP contribution in [-0.2, 0) is 4.79 Å². The van der Waals surface area contributed by atoms with E-state index in [0.29, 0.717) is 30.9 Å². The summed E-state index contributed by atoms with van der Waals surface area (Å²) in [5, 5.41) is 0. The second-order valence-electron chi connectivity index (χ2n) is 7.85. The van der Waals surface area contributed by atoms with Crippen molar-refractivity contribution in [2.24, 2.45) is 0 Å². The Bertz CT molecular complexity index is 1130. The minimum Gasteiger partial charge on any atom is -0.497 e. The van der Waals surface area contributed by atoms with Crippen molar-refractivity contribution in [2.45, 2.75) is 19.9 Å². The number of pyridine rings is 2. The number of carbonyl (C=O) groups is 2. The van der Waals surface area contributed by atoms with Crippen LogP contribution in [0.15, 0.2) is 60.9 Å². The Morgan fingerprint density at radius 3 is 2.42 bits per heavy atom. The van der Waals surface area contributed by atoms with Crippen LogP contribution in [0.5, 0.6) is 17.4 Å². The van der Waals surface area contributed by atoms with Gasteiger partial charge in [-0.05, 0) is 48.9 Å². The summed E-state index contributed by atoms with van der Waals surface area (Å²) in [6.45, 7) is 4.71. The van der Waals surface area contributed by atoms with Gasteiger partial charge in [0.05, 0.1) is 19.3 Å². The zero-order valence-electron chi connectivity index (χ0n) is 18.9. The summed E-state index contributed by atoms with van der Waals surface area (Å²) >= 11 is 0. The fourth-order valence-electron chi connectivity index (χ4n) is 3.84. The Morgan fingerprint density at radius 1 is 1.00 bits per heavy atom. The molecule has 2 amide bonds. The highest BCUT2D eigenvalue weighted by Gasteiger charge is 2.34. The van der Waals surface area contributed by atoms with Crippen LogP contribution in [0.4, 0.5) is 0 Å². The second kappa shape index (κ2) is 9.68. The normalized spacial score (nSPS) is 15.8. The van der Waals surface area contributed by atoms with Gasteiger partial charge in [-0.25, -0.2) is 4.98 Å². The van der Waals surface area contributed by atoms with Gasteiger partial charge in [0.25, 0.3) is 5.91 Å². The molecule has 0 aliphatic carbocycles. The number of benzene rings is 1. The molecule has 0 saturated carbocycles. The molecule has 0 N–H and O–H groups in total. The van der Waals surface area contributed by atoms with Crippen molar-refractivity contribution in [3.05, 3.63) is 77.7 Å². The van der Waals surface area contributed by atoms with Gasteiger partial charge in [0, 0.05) is 38.4 Å². The van der Waals surface area contributed by atoms with Crippen molar-refractivity contribution < 1.29 is 19.1 Å². The number of rotatable bonds is 5. The molecule has 3 heterocycles. The summed E-state index contributed by atoms with van der Waals surface area (Å²) in [5.74, 6) is 1.22. The van der Waals surface area contributed by atoms with Gasteiger partial charge in [0.1, 0.15) is 17.1 Å². The van der Waals surface area contributed by atoms with Crippen LogP contribution in [0, 0.1) is 6.92 Å². The zero-order valence-corrected chi connectivity index (χ0v) is 18.9. The molecule has 0 spiro atoms. The number of carbonyl (C=O) groups excluding carboxylic acids is 2. The van der Waals surface area contributed by atoms with Crippen LogP contribution in [0.3, 0.4) is 0 Å². The predicted molar refractivity (Wildman–Crippen MR) is 122 cm³/mol. The molecule has 1 saturated heterocycles. The molecule has 1 aliphatic rings. The predicted octanol–water partition coefficient (Wildman–Crippen LogP) is 3.63. The Labute approximate surface area is 192 Å². The summed E-state index contributed by atoms with van der Waals surface area (Å²) in [6.07, 6.45) is 3.19. The second-order valence-corrected chi connectivity index (χ2v) is 7.85. The van der Waals surface area contributed by atoms with Gasteiger partial charge in [-0.15, -0.1) is 0 Å². The number of aromatic nitrogens is 2. The maximum absolute atomic E-state index is 13.7. The molecule has 0 radical (unpaired) electrons. The van der Waals surface area contributed by atoms with E-state index in [4.69, 9.17) is 9.47 Å². The first-order chi connectivity index (χ1) is 16.0. The smallest absolute Gasteiger partial charge is 0.259 e. The lowest BCUT2D eigenvalue weighted by Gasteiger charge is -2.41. The van der Waals surface area contributed by atoms with Crippen molar-refractivity contribution in [3.63, 3.8) is 0 Å². The monoisotopic (exact) mass is 446 g/mol. The summed E-state index contributed by atoms with van der Waals surface area (Å²) in [6, 6.07) is 14.3. The average Bonchev–Trinajstić information content (AvgIpc) is 2.85. The molecule has 33 heavy (non-hydrogen) atoms. The Morgan fingerprint density at radius 2 is 1.76 bits per heavy atom. The van der Waals surface area contributed by atoms with E-state index in [1.54, 1.807) is 54.4 Å². The van der Waals surface area contributed by atoms with E-state index in [9.17, 15) is 9.59 Å². The van der Waals surface area contributed by atoms with Gasteiger partial charge >= 0.3 is 0 Å². The zero-order chi connectivity index (χ0) is 23.4. The standard InChI is InChI=1S/C25H26N4O4/c1-17-6-9-21(15-27-17)33-24-22(5-4-12-26-24)25(31)29-14-13-28(18(2)30)16-23(29)19-7-10-20(32-3)11-8-19/h4-12,15,23H,13-14,16H2,1-3H3/t23-/m0/s1. The molecular weight excluding hydrogens is 420 g/mol. The van der Waals surface area contributed by atoms with E-state index in [0.717, 1.165) is 17.0 Å². The number of ether oxygens (including phenoxy) is 2. The first kappa shape index (κ1) is 22.3. The molecular formula is C25H26N4O4. The molecule has 8 nitrogen and oxygen atoms in total. The fourth-order valence-corrected chi connectivity index (χ4v) is 3.84. The lowest BCUT2D eigenvalue weighted by atomic mass is 10.0. The Kier molecular flexibility index (Phi) is 6.53. The molecule has 8 heteroatoms. The number of aryl methyl sites for hydroxylation is 1. The summed E-state index contributed by atoms with van der Waals surface area (Å²) in [5.41, 5.74) is 2.14. The lowest BCUT2D eigenvalue weighted by Crippen LogP contribution is -2.51. The number of amides is 2. The summed E-state index contributed by atoms with van der Waals surface area (Å²) < 4.78 is 11.2. The fraction of sp³-hybridized carbons (Fsp3) is 0.280. The molecule has 2 aromatic heterocycles. The van der Waals surface area contributed by atoms with Crippen molar-refractivity contribution in [2.75, 3.05) is 26.7 Å². The van der Waals surface area contributed by atoms with E-state index < -0.39 is 0 Å². The van der Waals surface area contributed by atoms with E-state index >= 15 is 0 Å². The highest BCUT2D eigenvalue weighted by Crippen LogP contribution is 2.31. The van der Waals surface area contributed by atoms with Gasteiger partial charge in [-0.1, -0.05) is 12.1 Å². The quantitative estimate of drug-likeness (QED) is 0.595. The van der Waals surface area contributed by atoms with Crippen LogP contribution in [0.1, 0.15) is 34.6 Å². The van der Waals surface area contributed by atoms with Crippen molar-refractivity contribution in [1.82, 2.24) is 19.8 Å². The highest BCUT2D eigenvalue weighted by molar-refractivity contribution is 5.97. The molecule has 4 rings (SSSR count). The van der Waals surface area contributed by atoms with Crippen molar-refractivity contribution in [1.29, 1.82) is 0 Å². The van der Waals surface area contributed by atoms with E-state index in [1.165, 1.54) is 0 Å². The molecule has 0 unspecified atom stereocenters. The number of nitrogens with zero attached hydrogens (tertiary/aromatic N) is 4. The topological polar surface area (TPSA) is 84.9 Å². The van der Waals surface area contributed by atoms with Crippen LogP contribution >= 0.6 is 0 Å². The number of methoxy groups -OCH3 is 1. The molecule has 1 aromatic carbocycles. The first-order valence-electron chi connectivity index (χ1n) is 10.7. The van der Waals surface area contributed by atoms with E-state index in [1.807, 2.05) is 37.3 Å². The number of hydrogen-bond donors (Lipinski definition) is 0. The molecule has 1 atom stereocenters. The largest absolute Gasteiger partial charge is 0.497 e. The maximum Gasteiger partial charge on any atom is 0.259 e. The van der Waals surface area contributed by atoms with Crippen LogP contribution in [0.2, 0.25) is 0 Å². The van der Waals surface area contributed by atoms with Gasteiger partial charge in [0.2, 0.25) is 11.8 Å². The van der Waals surface area contributed by atoms with Gasteiger partial charge < -0.3 is 19.3 Å². The molecule has 1 aliphatic heterocycles. The molecule has 170 valence electrons. The first-order valence-corrected chi connectivity index (χ1v) is 10.7. The molecule has 0 bridgehead atoms. The number of hydrogen-bond acceptors (Lipinski definition) is 6. The van der Waals surface area contributed by atoms with Crippen LogP contribution in [0.25, 0.3) is 0 Å². The third-order valence-electron chi connectivity index (χ3n) is 5.69. The van der Waals surface area contributed by atoms with Gasteiger partial charge in [0.15, 0.2) is 0 Å². The van der Waals surface area contributed by atoms with Crippen molar-refractivity contribution >= 4 is 11.8 Å². The average molecular weight is 447 g/mol. The highest BCUT2D eigenvalue weighted by atomic mass is 16.5. The van der Waals surface area contributed by atoms with E-state index in [-0.39, 0.29) is 23.7 Å². The third-order valence-corrected chi connectivity index (χ3v) is 5.69. The maximum atomic E-state index is 13.7. The summed E-state index contributed by atoms with van der Waals surface area (Å²) in [4.78, 5) is 37.9. The van der Waals surface area contributed by atoms with Gasteiger partial charge in [-0.2, -0.15) is 0 Å². The van der Waals surface area contributed by atoms with Gasteiger partial charge in [-0.3, -0.25) is 14.6 Å². The van der Waals surface area contributed by atoms with Crippen LogP contribution < -0.4 is 9.47 Å². The lowest BCUT2D eigenvalue weighted by molar-refractivity contribution is -0.131. The minimum absolute atomic E-state index is 0.0159. The Balaban J connectivity index is 1.65. The van der Waals surface area contributed by atoms with Crippen molar-refractivity contribution in [3.8, 4) is 17.4 Å². The van der Waals surface area contributed by atoms with Crippen LogP contribution in [-0.4, -0.2) is 58.3 Å². The van der Waals surface area contributed by atoms with E-state index in [2.05, 4.69) is 9.97 Å². The summed E-state index contributed by atoms with van der Waals surface area (Å²) in [7, 11) is 1.61. The number of piperazine rings is 1.